The summed E-state index contributed by atoms with van der Waals surface area (Å²) >= 11 is -3.63. The topological polar surface area (TPSA) is 71.4 Å². The molecule has 0 aromatic heterocycles. The molecule has 0 bridgehead atoms. The van der Waals surface area contributed by atoms with Crippen LogP contribution in [0.1, 0.15) is 0 Å². The molecule has 0 rings (SSSR count). The van der Waals surface area contributed by atoms with E-state index in [-0.39, 0.29) is 50.9 Å². The normalized spacial score (nSPS) is 4.14. The summed E-state index contributed by atoms with van der Waals surface area (Å²) < 4.78 is 32.8. The van der Waals surface area contributed by atoms with Crippen LogP contribution in [-0.2, 0) is 25.6 Å². The molecule has 7 heavy (non-hydrogen) atoms. The molecule has 44 valence electrons. The summed E-state index contributed by atoms with van der Waals surface area (Å²) in [4.78, 5) is 0. The molecule has 0 spiro atoms. The van der Waals surface area contributed by atoms with E-state index in [0.29, 0.717) is 0 Å². The van der Waals surface area contributed by atoms with Gasteiger partial charge in [0.25, 0.3) is 0 Å². The first kappa shape index (κ1) is 15.9. The monoisotopic (exact) mass is 538 g/mol. The van der Waals surface area contributed by atoms with Gasteiger partial charge in [0, 0.05) is 0 Å². The average Bonchev–Trinajstić information content (AvgIpc) is 1.41. The van der Waals surface area contributed by atoms with Crippen LogP contribution < -0.4 is 0 Å². The molecule has 0 aromatic rings. The van der Waals surface area contributed by atoms with Gasteiger partial charge in [0.05, 0.1) is 0 Å². The Morgan fingerprint density at radius 2 is 1.29 bits per heavy atom. The predicted octanol–water partition coefficient (Wildman–Crippen LogP) is -2.75. The van der Waals surface area contributed by atoms with E-state index >= 15 is 0 Å². The van der Waals surface area contributed by atoms with E-state index in [0.717, 1.165) is 0 Å². The third kappa shape index (κ3) is 85.9. The zero-order valence-electron chi connectivity index (χ0n) is 3.33. The molecular formula is H5Bi2O4V. The predicted molar refractivity (Wildman–Crippen MR) is 21.4 cm³/mol. The summed E-state index contributed by atoms with van der Waals surface area (Å²) in [6.07, 6.45) is 0. The van der Waals surface area contributed by atoms with Crippen molar-refractivity contribution in [3.05, 3.63) is 0 Å². The minimum atomic E-state index is -3.69. The molecule has 0 unspecified atom stereocenters. The molecule has 0 aliphatic rings. The van der Waals surface area contributed by atoms with Crippen molar-refractivity contribution in [3.63, 3.8) is 0 Å². The van der Waals surface area contributed by atoms with Gasteiger partial charge in [-0.05, 0) is 0 Å². The Hall–Kier alpha value is 1.71. The molecule has 0 fully saturated rings. The second-order valence-corrected chi connectivity index (χ2v) is 0.981. The Morgan fingerprint density at radius 1 is 1.29 bits per heavy atom. The first-order chi connectivity index (χ1) is 2.73. The van der Waals surface area contributed by atoms with Crippen LogP contribution in [0.25, 0.3) is 0 Å². The van der Waals surface area contributed by atoms with E-state index in [9.17, 15) is 0 Å². The van der Waals surface area contributed by atoms with Crippen LogP contribution in [0.2, 0.25) is 0 Å². The van der Waals surface area contributed by atoms with Crippen LogP contribution in [0, 0.1) is 0 Å². The van der Waals surface area contributed by atoms with Crippen molar-refractivity contribution < 1.29 is 29.6 Å². The minimum absolute atomic E-state index is 0. The average molecular weight is 538 g/mol. The zero-order chi connectivity index (χ0) is 5.58. The van der Waals surface area contributed by atoms with Crippen LogP contribution in [-0.4, -0.2) is 55.0 Å². The van der Waals surface area contributed by atoms with Crippen molar-refractivity contribution in [1.29, 1.82) is 0 Å². The third-order valence-electron chi connectivity index (χ3n) is 0. The van der Waals surface area contributed by atoms with Crippen molar-refractivity contribution in [2.75, 3.05) is 0 Å². The standard InChI is InChI=1S/2Bi.H2O.3O.V.4H/h;;1H2;;;;;;;;/q;;;;;;+1;;;;/p-1. The Morgan fingerprint density at radius 3 is 1.29 bits per heavy atom. The van der Waals surface area contributed by atoms with Crippen molar-refractivity contribution in [2.24, 2.45) is 0 Å². The third-order valence-corrected chi connectivity index (χ3v) is 0. The van der Waals surface area contributed by atoms with E-state index in [1.807, 2.05) is 0 Å². The molecule has 7 heteroatoms. The Kier molecular flexibility index (Phi) is 35.5. The number of hydrogen-bond donors (Lipinski definition) is 1. The van der Waals surface area contributed by atoms with Crippen molar-refractivity contribution in [2.45, 2.75) is 0 Å². The zero-order valence-corrected chi connectivity index (χ0v) is 14.1. The van der Waals surface area contributed by atoms with Gasteiger partial charge in [0.1, 0.15) is 0 Å². The van der Waals surface area contributed by atoms with E-state index in [2.05, 4.69) is 0 Å². The summed E-state index contributed by atoms with van der Waals surface area (Å²) in [7, 11) is 0. The Bertz CT molecular complexity index is 67.8. The SMILES string of the molecule is [BiH3].[O]=[BiH].[O]=[V](=[O])[OH]. The summed E-state index contributed by atoms with van der Waals surface area (Å²) in [6.45, 7) is 0. The van der Waals surface area contributed by atoms with Gasteiger partial charge in [-0.2, -0.15) is 0 Å². The van der Waals surface area contributed by atoms with Gasteiger partial charge in [-0.25, -0.2) is 0 Å². The molecule has 0 atom stereocenters. The van der Waals surface area contributed by atoms with Crippen LogP contribution in [0.3, 0.4) is 0 Å². The molecule has 0 aromatic carbocycles. The molecule has 0 aliphatic carbocycles. The molecule has 0 amide bonds. The summed E-state index contributed by atoms with van der Waals surface area (Å²) in [5.41, 5.74) is 0. The summed E-state index contributed by atoms with van der Waals surface area (Å²) in [5, 5.41) is 0. The van der Waals surface area contributed by atoms with Crippen molar-refractivity contribution >= 4 is 50.9 Å². The molecular weight excluding hydrogens is 533 g/mol. The second-order valence-electron chi connectivity index (χ2n) is 0.238. The van der Waals surface area contributed by atoms with Crippen LogP contribution in [0.4, 0.5) is 0 Å². The van der Waals surface area contributed by atoms with Gasteiger partial charge < -0.3 is 0 Å². The first-order valence-corrected chi connectivity index (χ1v) is 4.12. The van der Waals surface area contributed by atoms with E-state index in [4.69, 9.17) is 14.2 Å². The van der Waals surface area contributed by atoms with Gasteiger partial charge >= 0.3 is 80.5 Å². The maximum absolute atomic E-state index is 8.67. The van der Waals surface area contributed by atoms with E-state index < -0.39 is 15.4 Å². The Labute approximate surface area is 79.4 Å². The van der Waals surface area contributed by atoms with Crippen LogP contribution in [0.15, 0.2) is 0 Å². The van der Waals surface area contributed by atoms with Crippen molar-refractivity contribution in [3.8, 4) is 0 Å². The van der Waals surface area contributed by atoms with Crippen molar-refractivity contribution in [1.82, 2.24) is 0 Å². The van der Waals surface area contributed by atoms with Crippen LogP contribution >= 0.6 is 0 Å². The molecule has 4 nitrogen and oxygen atoms in total. The molecule has 0 aliphatic heterocycles. The van der Waals surface area contributed by atoms with Gasteiger partial charge in [-0.3, -0.25) is 0 Å². The van der Waals surface area contributed by atoms with E-state index in [1.165, 1.54) is 0 Å². The quantitative estimate of drug-likeness (QED) is 0.340. The van der Waals surface area contributed by atoms with Gasteiger partial charge in [-0.15, -0.1) is 0 Å². The van der Waals surface area contributed by atoms with Gasteiger partial charge in [0.2, 0.25) is 0 Å². The summed E-state index contributed by atoms with van der Waals surface area (Å²) in [5.74, 6) is 0. The molecule has 1 N–H and O–H groups in total. The van der Waals surface area contributed by atoms with Crippen LogP contribution in [0.5, 0.6) is 0 Å². The molecule has 0 saturated carbocycles. The van der Waals surface area contributed by atoms with Gasteiger partial charge in [-0.1, -0.05) is 0 Å². The first-order valence-electron chi connectivity index (χ1n) is 0.769. The molecule has 0 radical (unpaired) electrons. The van der Waals surface area contributed by atoms with E-state index in [1.54, 1.807) is 0 Å². The Balaban J connectivity index is -0.0000000480. The second kappa shape index (κ2) is 15.6. The fraction of sp³-hybridized carbons (Fsp3) is 0. The molecule has 0 saturated heterocycles. The van der Waals surface area contributed by atoms with Gasteiger partial charge in [0.15, 0.2) is 0 Å². The molecule has 0 heterocycles. The summed E-state index contributed by atoms with van der Waals surface area (Å²) in [6, 6.07) is 0. The maximum atomic E-state index is 8.67. The fourth-order valence-corrected chi connectivity index (χ4v) is 0. The fourth-order valence-electron chi connectivity index (χ4n) is 0. The number of hydrogen-bond acceptors (Lipinski definition) is 3. The number of rotatable bonds is 0.